The van der Waals surface area contributed by atoms with Gasteiger partial charge in [-0.3, -0.25) is 0 Å². The maximum atomic E-state index is 6.17. The lowest BCUT2D eigenvalue weighted by Gasteiger charge is -2.24. The Kier molecular flexibility index (Phi) is 3.75. The van der Waals surface area contributed by atoms with Crippen molar-refractivity contribution in [3.8, 4) is 11.1 Å². The Morgan fingerprint density at radius 1 is 1.37 bits per heavy atom. The predicted octanol–water partition coefficient (Wildman–Crippen LogP) is 3.92. The lowest BCUT2D eigenvalue weighted by molar-refractivity contribution is 0.176. The number of ether oxygens (including phenoxy) is 2. The molecule has 0 radical (unpaired) electrons. The lowest BCUT2D eigenvalue weighted by Crippen LogP contribution is -2.19. The first-order valence-corrected chi connectivity index (χ1v) is 7.68. The third kappa shape index (κ3) is 2.77. The van der Waals surface area contributed by atoms with Gasteiger partial charge in [0.1, 0.15) is 10.5 Å². The molecular formula is C13H15ClN2O2S. The largest absolute Gasteiger partial charge is 0.476 e. The van der Waals surface area contributed by atoms with Crippen molar-refractivity contribution in [2.45, 2.75) is 26.2 Å². The van der Waals surface area contributed by atoms with Crippen LogP contribution in [0.15, 0.2) is 6.07 Å². The van der Waals surface area contributed by atoms with Gasteiger partial charge in [0.25, 0.3) is 5.19 Å². The van der Waals surface area contributed by atoms with Gasteiger partial charge in [0, 0.05) is 0 Å². The highest BCUT2D eigenvalue weighted by atomic mass is 35.5. The highest BCUT2D eigenvalue weighted by Crippen LogP contribution is 2.34. The van der Waals surface area contributed by atoms with Crippen molar-refractivity contribution in [3.63, 3.8) is 0 Å². The minimum Gasteiger partial charge on any atom is -0.476 e. The van der Waals surface area contributed by atoms with Gasteiger partial charge in [-0.1, -0.05) is 29.4 Å². The number of pyridine rings is 1. The number of thiazole rings is 1. The summed E-state index contributed by atoms with van der Waals surface area (Å²) in [6.07, 6.45) is 3.80. The van der Waals surface area contributed by atoms with E-state index in [1.54, 1.807) is 6.07 Å². The van der Waals surface area contributed by atoms with Crippen LogP contribution in [0.5, 0.6) is 11.1 Å². The number of hydrogen-bond donors (Lipinski definition) is 0. The van der Waals surface area contributed by atoms with E-state index in [-0.39, 0.29) is 0 Å². The topological polar surface area (TPSA) is 44.2 Å². The monoisotopic (exact) mass is 298 g/mol. The molecule has 1 aliphatic carbocycles. The fraction of sp³-hybridized carbons (Fsp3) is 0.538. The van der Waals surface area contributed by atoms with E-state index in [1.807, 2.05) is 6.92 Å². The maximum absolute atomic E-state index is 6.17. The lowest BCUT2D eigenvalue weighted by atomic mass is 9.86. The van der Waals surface area contributed by atoms with Crippen molar-refractivity contribution in [2.75, 3.05) is 13.2 Å². The van der Waals surface area contributed by atoms with Crippen LogP contribution < -0.4 is 9.47 Å². The molecule has 0 bridgehead atoms. The Bertz CT molecular complexity index is 583. The van der Waals surface area contributed by atoms with Gasteiger partial charge in [-0.25, -0.2) is 4.98 Å². The molecule has 0 saturated heterocycles. The first-order valence-electron chi connectivity index (χ1n) is 6.49. The smallest absolute Gasteiger partial charge is 0.275 e. The average Bonchev–Trinajstić information content (AvgIpc) is 2.69. The fourth-order valence-corrected chi connectivity index (χ4v) is 2.97. The number of hydrogen-bond acceptors (Lipinski definition) is 5. The van der Waals surface area contributed by atoms with Crippen LogP contribution in [0.4, 0.5) is 0 Å². The van der Waals surface area contributed by atoms with Gasteiger partial charge in [0.05, 0.1) is 13.2 Å². The van der Waals surface area contributed by atoms with Crippen molar-refractivity contribution in [1.82, 2.24) is 9.97 Å². The van der Waals surface area contributed by atoms with Crippen molar-refractivity contribution < 1.29 is 9.47 Å². The van der Waals surface area contributed by atoms with Crippen LogP contribution in [0.2, 0.25) is 5.02 Å². The van der Waals surface area contributed by atoms with E-state index in [1.165, 1.54) is 30.6 Å². The molecule has 102 valence electrons. The molecule has 19 heavy (non-hydrogen) atoms. The van der Waals surface area contributed by atoms with Gasteiger partial charge >= 0.3 is 0 Å². The summed E-state index contributed by atoms with van der Waals surface area (Å²) < 4.78 is 11.1. The SMILES string of the molecule is CCOc1nc2cc(Cl)c(OCC3CCC3)nc2s1. The van der Waals surface area contributed by atoms with E-state index < -0.39 is 0 Å². The second-order valence-electron chi connectivity index (χ2n) is 4.62. The van der Waals surface area contributed by atoms with Gasteiger partial charge in [-0.2, -0.15) is 4.98 Å². The number of rotatable bonds is 5. The van der Waals surface area contributed by atoms with E-state index in [0.717, 1.165) is 10.3 Å². The Hall–Kier alpha value is -1.07. The Morgan fingerprint density at radius 2 is 2.21 bits per heavy atom. The summed E-state index contributed by atoms with van der Waals surface area (Å²) in [7, 11) is 0. The van der Waals surface area contributed by atoms with Crippen molar-refractivity contribution in [2.24, 2.45) is 5.92 Å². The van der Waals surface area contributed by atoms with E-state index in [2.05, 4.69) is 9.97 Å². The predicted molar refractivity (Wildman–Crippen MR) is 76.4 cm³/mol. The second-order valence-corrected chi connectivity index (χ2v) is 5.97. The maximum Gasteiger partial charge on any atom is 0.275 e. The number of nitrogens with zero attached hydrogens (tertiary/aromatic N) is 2. The third-order valence-corrected chi connectivity index (χ3v) is 4.38. The summed E-state index contributed by atoms with van der Waals surface area (Å²) in [5.41, 5.74) is 0.759. The van der Waals surface area contributed by atoms with E-state index in [4.69, 9.17) is 21.1 Å². The van der Waals surface area contributed by atoms with Gasteiger partial charge in [0.15, 0.2) is 4.83 Å². The molecule has 1 fully saturated rings. The zero-order valence-corrected chi connectivity index (χ0v) is 12.3. The van der Waals surface area contributed by atoms with E-state index in [9.17, 15) is 0 Å². The molecular weight excluding hydrogens is 284 g/mol. The quantitative estimate of drug-likeness (QED) is 0.839. The normalized spacial score (nSPS) is 15.5. The van der Waals surface area contributed by atoms with Crippen LogP contribution >= 0.6 is 22.9 Å². The minimum atomic E-state index is 0.507. The second kappa shape index (κ2) is 5.51. The molecule has 6 heteroatoms. The molecule has 2 aromatic rings. The molecule has 0 amide bonds. The van der Waals surface area contributed by atoms with Crippen LogP contribution in [0, 0.1) is 5.92 Å². The van der Waals surface area contributed by atoms with Crippen LogP contribution in [0.1, 0.15) is 26.2 Å². The third-order valence-electron chi connectivity index (χ3n) is 3.23. The van der Waals surface area contributed by atoms with Crippen LogP contribution in [-0.4, -0.2) is 23.2 Å². The van der Waals surface area contributed by atoms with Crippen molar-refractivity contribution in [1.29, 1.82) is 0 Å². The summed E-state index contributed by atoms with van der Waals surface area (Å²) >= 11 is 7.59. The summed E-state index contributed by atoms with van der Waals surface area (Å²) in [5.74, 6) is 1.17. The number of fused-ring (bicyclic) bond motifs is 1. The Labute approximate surface area is 120 Å². The Morgan fingerprint density at radius 3 is 2.89 bits per heavy atom. The van der Waals surface area contributed by atoms with Gasteiger partial charge < -0.3 is 9.47 Å². The molecule has 0 atom stereocenters. The molecule has 0 aromatic carbocycles. The molecule has 0 aliphatic heterocycles. The Balaban J connectivity index is 1.80. The van der Waals surface area contributed by atoms with E-state index in [0.29, 0.717) is 35.2 Å². The van der Waals surface area contributed by atoms with Crippen LogP contribution in [-0.2, 0) is 0 Å². The van der Waals surface area contributed by atoms with Crippen molar-refractivity contribution in [3.05, 3.63) is 11.1 Å². The molecule has 2 heterocycles. The molecule has 0 spiro atoms. The minimum absolute atomic E-state index is 0.507. The summed E-state index contributed by atoms with van der Waals surface area (Å²) in [4.78, 5) is 9.55. The molecule has 0 N–H and O–H groups in total. The molecule has 1 aliphatic rings. The zero-order chi connectivity index (χ0) is 13.2. The first-order chi connectivity index (χ1) is 9.26. The molecule has 1 saturated carbocycles. The van der Waals surface area contributed by atoms with Gasteiger partial charge in [-0.05, 0) is 31.7 Å². The highest BCUT2D eigenvalue weighted by molar-refractivity contribution is 7.19. The molecule has 2 aromatic heterocycles. The standard InChI is InChI=1S/C13H15ClN2O2S/c1-2-17-13-15-10-6-9(14)11(16-12(10)19-13)18-7-8-4-3-5-8/h6,8H,2-5,7H2,1H3. The summed E-state index contributed by atoms with van der Waals surface area (Å²) in [6, 6.07) is 1.79. The van der Waals surface area contributed by atoms with Crippen LogP contribution in [0.3, 0.4) is 0 Å². The summed E-state index contributed by atoms with van der Waals surface area (Å²) in [6.45, 7) is 3.23. The molecule has 0 unspecified atom stereocenters. The summed E-state index contributed by atoms with van der Waals surface area (Å²) in [5, 5.41) is 1.14. The van der Waals surface area contributed by atoms with Gasteiger partial charge in [-0.15, -0.1) is 0 Å². The fourth-order valence-electron chi connectivity index (χ4n) is 1.95. The molecule has 3 rings (SSSR count). The van der Waals surface area contributed by atoms with Crippen LogP contribution in [0.25, 0.3) is 10.3 Å². The van der Waals surface area contributed by atoms with E-state index >= 15 is 0 Å². The number of halogens is 1. The average molecular weight is 299 g/mol. The van der Waals surface area contributed by atoms with Gasteiger partial charge in [0.2, 0.25) is 5.88 Å². The highest BCUT2D eigenvalue weighted by Gasteiger charge is 2.19. The molecule has 4 nitrogen and oxygen atoms in total. The van der Waals surface area contributed by atoms with Crippen molar-refractivity contribution >= 4 is 33.3 Å². The zero-order valence-electron chi connectivity index (χ0n) is 10.7. The number of aromatic nitrogens is 2. The first kappa shape index (κ1) is 12.9.